The van der Waals surface area contributed by atoms with Crippen molar-refractivity contribution >= 4 is 11.6 Å². The van der Waals surface area contributed by atoms with Crippen molar-refractivity contribution in [1.82, 2.24) is 24.5 Å². The highest BCUT2D eigenvalue weighted by molar-refractivity contribution is 5.53. The Kier molecular flexibility index (Phi) is 3.47. The Morgan fingerprint density at radius 1 is 1.10 bits per heavy atom. The zero-order valence-electron chi connectivity index (χ0n) is 12.4. The third-order valence-electron chi connectivity index (χ3n) is 4.62. The summed E-state index contributed by atoms with van der Waals surface area (Å²) in [6.07, 6.45) is 8.94. The van der Waals surface area contributed by atoms with E-state index in [4.69, 9.17) is 0 Å². The fourth-order valence-corrected chi connectivity index (χ4v) is 3.51. The van der Waals surface area contributed by atoms with Crippen LogP contribution in [0.1, 0.15) is 36.9 Å². The maximum absolute atomic E-state index is 4.66. The molecule has 2 aromatic heterocycles. The summed E-state index contributed by atoms with van der Waals surface area (Å²) in [6.45, 7) is 4.56. The number of hydrogen-bond donors (Lipinski definition) is 1. The van der Waals surface area contributed by atoms with Crippen LogP contribution in [0.5, 0.6) is 0 Å². The van der Waals surface area contributed by atoms with E-state index in [0.29, 0.717) is 0 Å². The quantitative estimate of drug-likeness (QED) is 0.923. The van der Waals surface area contributed by atoms with Crippen LogP contribution in [0.4, 0.5) is 5.82 Å². The van der Waals surface area contributed by atoms with Gasteiger partial charge < -0.3 is 10.2 Å². The van der Waals surface area contributed by atoms with E-state index < -0.39 is 0 Å². The molecule has 1 fully saturated rings. The molecule has 0 spiro atoms. The minimum atomic E-state index is 0.722. The van der Waals surface area contributed by atoms with Crippen LogP contribution in [0.25, 0.3) is 5.78 Å². The first-order valence-electron chi connectivity index (χ1n) is 8.09. The average molecular weight is 286 g/mol. The van der Waals surface area contributed by atoms with E-state index in [1.807, 2.05) is 4.52 Å². The number of nitrogens with one attached hydrogen (secondary N) is 1. The van der Waals surface area contributed by atoms with E-state index in [9.17, 15) is 0 Å². The maximum atomic E-state index is 4.66. The molecule has 2 aliphatic rings. The molecule has 6 heteroatoms. The predicted octanol–water partition coefficient (Wildman–Crippen LogP) is 1.51. The summed E-state index contributed by atoms with van der Waals surface area (Å²) >= 11 is 0. The van der Waals surface area contributed by atoms with Crippen molar-refractivity contribution in [2.75, 3.05) is 31.5 Å². The van der Waals surface area contributed by atoms with Gasteiger partial charge in [-0.2, -0.15) is 14.6 Å². The molecule has 0 bridgehead atoms. The third-order valence-corrected chi connectivity index (χ3v) is 4.62. The molecule has 1 aliphatic heterocycles. The maximum Gasteiger partial charge on any atom is 0.254 e. The molecule has 0 radical (unpaired) electrons. The predicted molar refractivity (Wildman–Crippen MR) is 81.6 cm³/mol. The van der Waals surface area contributed by atoms with E-state index in [1.54, 1.807) is 6.33 Å². The number of rotatable bonds is 4. The van der Waals surface area contributed by atoms with Crippen LogP contribution in [0.2, 0.25) is 0 Å². The Bertz CT molecular complexity index is 628. The zero-order valence-corrected chi connectivity index (χ0v) is 12.4. The summed E-state index contributed by atoms with van der Waals surface area (Å²) in [7, 11) is 0. The second-order valence-electron chi connectivity index (χ2n) is 6.04. The third kappa shape index (κ3) is 2.48. The lowest BCUT2D eigenvalue weighted by molar-refractivity contribution is 0.352. The lowest BCUT2D eigenvalue weighted by atomic mass is 9.96. The molecular weight excluding hydrogens is 264 g/mol. The van der Waals surface area contributed by atoms with Crippen LogP contribution in [0.15, 0.2) is 6.33 Å². The van der Waals surface area contributed by atoms with Crippen molar-refractivity contribution in [1.29, 1.82) is 0 Å². The van der Waals surface area contributed by atoms with Gasteiger partial charge in [-0.15, -0.1) is 0 Å². The molecule has 0 unspecified atom stereocenters. The van der Waals surface area contributed by atoms with Crippen LogP contribution in [0.3, 0.4) is 0 Å². The van der Waals surface area contributed by atoms with E-state index in [2.05, 4.69) is 25.3 Å². The van der Waals surface area contributed by atoms with Crippen molar-refractivity contribution in [3.8, 4) is 0 Å². The van der Waals surface area contributed by atoms with Crippen molar-refractivity contribution in [3.63, 3.8) is 0 Å². The molecule has 1 saturated heterocycles. The van der Waals surface area contributed by atoms with Gasteiger partial charge in [-0.05, 0) is 51.6 Å². The van der Waals surface area contributed by atoms with Gasteiger partial charge in [0.05, 0.1) is 5.69 Å². The molecule has 1 N–H and O–H groups in total. The first-order valence-corrected chi connectivity index (χ1v) is 8.09. The van der Waals surface area contributed by atoms with Crippen molar-refractivity contribution in [2.45, 2.75) is 38.5 Å². The summed E-state index contributed by atoms with van der Waals surface area (Å²) < 4.78 is 1.87. The fraction of sp³-hybridized carbons (Fsp3) is 0.667. The largest absolute Gasteiger partial charge is 0.368 e. The van der Waals surface area contributed by atoms with Gasteiger partial charge in [0.25, 0.3) is 5.78 Å². The number of anilines is 1. The van der Waals surface area contributed by atoms with Gasteiger partial charge in [-0.1, -0.05) is 0 Å². The number of hydrogen-bond acceptors (Lipinski definition) is 5. The van der Waals surface area contributed by atoms with Crippen LogP contribution < -0.4 is 5.32 Å². The standard InChI is InChI=1S/C15H22N6/c1-2-6-13-12(5-1)14(21-15(19-13)17-11-18-21)16-7-10-20-8-3-4-9-20/h11,16H,1-10H2. The second-order valence-corrected chi connectivity index (χ2v) is 6.04. The Morgan fingerprint density at radius 3 is 2.86 bits per heavy atom. The number of nitrogens with zero attached hydrogens (tertiary/aromatic N) is 5. The van der Waals surface area contributed by atoms with E-state index in [0.717, 1.165) is 37.5 Å². The van der Waals surface area contributed by atoms with E-state index >= 15 is 0 Å². The van der Waals surface area contributed by atoms with Gasteiger partial charge in [-0.25, -0.2) is 4.98 Å². The molecule has 2 aromatic rings. The molecule has 112 valence electrons. The normalized spacial score (nSPS) is 19.0. The highest BCUT2D eigenvalue weighted by atomic mass is 15.4. The minimum Gasteiger partial charge on any atom is -0.368 e. The summed E-state index contributed by atoms with van der Waals surface area (Å²) in [6, 6.07) is 0. The first-order chi connectivity index (χ1) is 10.4. The molecule has 4 rings (SSSR count). The lowest BCUT2D eigenvalue weighted by Crippen LogP contribution is -2.27. The number of aryl methyl sites for hydroxylation is 1. The Labute approximate surface area is 124 Å². The van der Waals surface area contributed by atoms with Gasteiger partial charge in [0.2, 0.25) is 0 Å². The number of aromatic nitrogens is 4. The van der Waals surface area contributed by atoms with Crippen LogP contribution in [-0.4, -0.2) is 50.7 Å². The van der Waals surface area contributed by atoms with Gasteiger partial charge in [0.15, 0.2) is 0 Å². The van der Waals surface area contributed by atoms with Gasteiger partial charge in [0.1, 0.15) is 12.1 Å². The summed E-state index contributed by atoms with van der Waals surface area (Å²) in [5.41, 5.74) is 2.56. The van der Waals surface area contributed by atoms with E-state index in [-0.39, 0.29) is 0 Å². The molecule has 6 nitrogen and oxygen atoms in total. The molecule has 0 aromatic carbocycles. The molecule has 0 amide bonds. The highest BCUT2D eigenvalue weighted by Crippen LogP contribution is 2.26. The Balaban J connectivity index is 1.58. The molecule has 21 heavy (non-hydrogen) atoms. The van der Waals surface area contributed by atoms with E-state index in [1.165, 1.54) is 50.0 Å². The SMILES string of the molecule is c1nc2nc3c(c(NCCN4CCCC4)n2n1)CCCC3. The monoisotopic (exact) mass is 286 g/mol. The van der Waals surface area contributed by atoms with Crippen LogP contribution >= 0.6 is 0 Å². The lowest BCUT2D eigenvalue weighted by Gasteiger charge is -2.21. The summed E-state index contributed by atoms with van der Waals surface area (Å²) in [5.74, 6) is 1.84. The summed E-state index contributed by atoms with van der Waals surface area (Å²) in [5, 5.41) is 7.95. The highest BCUT2D eigenvalue weighted by Gasteiger charge is 2.19. The first kappa shape index (κ1) is 13.0. The second kappa shape index (κ2) is 5.60. The minimum absolute atomic E-state index is 0.722. The van der Waals surface area contributed by atoms with Gasteiger partial charge in [0, 0.05) is 18.7 Å². The van der Waals surface area contributed by atoms with Gasteiger partial charge in [-0.3, -0.25) is 0 Å². The van der Waals surface area contributed by atoms with Gasteiger partial charge >= 0.3 is 0 Å². The molecule has 1 aliphatic carbocycles. The van der Waals surface area contributed by atoms with Crippen LogP contribution in [0, 0.1) is 0 Å². The molecule has 0 atom stereocenters. The molecule has 0 saturated carbocycles. The zero-order chi connectivity index (χ0) is 14.1. The summed E-state index contributed by atoms with van der Waals surface area (Å²) in [4.78, 5) is 11.5. The Hall–Kier alpha value is -1.69. The fourth-order valence-electron chi connectivity index (χ4n) is 3.51. The van der Waals surface area contributed by atoms with Crippen molar-refractivity contribution in [3.05, 3.63) is 17.6 Å². The molecular formula is C15H22N6. The number of likely N-dealkylation sites (tertiary alicyclic amines) is 1. The average Bonchev–Trinajstić information content (AvgIpc) is 3.17. The Morgan fingerprint density at radius 2 is 1.95 bits per heavy atom. The van der Waals surface area contributed by atoms with Crippen LogP contribution in [-0.2, 0) is 12.8 Å². The smallest absolute Gasteiger partial charge is 0.254 e. The topological polar surface area (TPSA) is 58.4 Å². The van der Waals surface area contributed by atoms with Crippen molar-refractivity contribution in [2.24, 2.45) is 0 Å². The number of fused-ring (bicyclic) bond motifs is 2. The molecule has 3 heterocycles. The van der Waals surface area contributed by atoms with Crippen molar-refractivity contribution < 1.29 is 0 Å².